The van der Waals surface area contributed by atoms with E-state index in [1.165, 1.54) is 10.5 Å². The van der Waals surface area contributed by atoms with Crippen LogP contribution in [-0.2, 0) is 6.54 Å². The number of hydrogen-bond acceptors (Lipinski definition) is 4. The molecular weight excluding hydrogens is 354 g/mol. The Hall–Kier alpha value is -2.29. The van der Waals surface area contributed by atoms with Gasteiger partial charge in [0.2, 0.25) is 0 Å². The SMILES string of the molecule is CSc1ccccc1CN1CCC(CNC(=O)c2ccc(C#N)cc2)CC1. The molecule has 3 rings (SSSR count). The van der Waals surface area contributed by atoms with Gasteiger partial charge in [-0.25, -0.2) is 0 Å². The van der Waals surface area contributed by atoms with Crippen LogP contribution in [-0.4, -0.2) is 36.7 Å². The average molecular weight is 380 g/mol. The number of piperidine rings is 1. The number of nitrogens with zero attached hydrogens (tertiary/aromatic N) is 2. The van der Waals surface area contributed by atoms with E-state index in [-0.39, 0.29) is 5.91 Å². The predicted molar refractivity (Wildman–Crippen MR) is 110 cm³/mol. The smallest absolute Gasteiger partial charge is 0.251 e. The average Bonchev–Trinajstić information content (AvgIpc) is 2.73. The zero-order chi connectivity index (χ0) is 19.1. The highest BCUT2D eigenvalue weighted by atomic mass is 32.2. The van der Waals surface area contributed by atoms with Crippen LogP contribution >= 0.6 is 11.8 Å². The number of hydrogen-bond donors (Lipinski definition) is 1. The standard InChI is InChI=1S/C22H25N3OS/c1-27-21-5-3-2-4-20(21)16-25-12-10-18(11-13-25)15-24-22(26)19-8-6-17(14-23)7-9-19/h2-9,18H,10-13,15-16H2,1H3,(H,24,26). The number of nitrogens with one attached hydrogen (secondary N) is 1. The van der Waals surface area contributed by atoms with Gasteiger partial charge in [0, 0.05) is 23.5 Å². The van der Waals surface area contributed by atoms with E-state index >= 15 is 0 Å². The number of benzene rings is 2. The molecule has 0 aromatic heterocycles. The van der Waals surface area contributed by atoms with Crippen LogP contribution < -0.4 is 5.32 Å². The lowest BCUT2D eigenvalue weighted by atomic mass is 9.96. The summed E-state index contributed by atoms with van der Waals surface area (Å²) < 4.78 is 0. The maximum absolute atomic E-state index is 12.3. The minimum atomic E-state index is -0.0594. The third kappa shape index (κ3) is 5.35. The van der Waals surface area contributed by atoms with E-state index in [4.69, 9.17) is 5.26 Å². The van der Waals surface area contributed by atoms with E-state index in [2.05, 4.69) is 46.8 Å². The third-order valence-electron chi connectivity index (χ3n) is 5.12. The van der Waals surface area contributed by atoms with Crippen LogP contribution in [0.5, 0.6) is 0 Å². The molecule has 1 N–H and O–H groups in total. The minimum absolute atomic E-state index is 0.0594. The van der Waals surface area contributed by atoms with Gasteiger partial charge in [-0.2, -0.15) is 5.26 Å². The van der Waals surface area contributed by atoms with E-state index in [1.54, 1.807) is 36.0 Å². The van der Waals surface area contributed by atoms with E-state index in [9.17, 15) is 4.79 Å². The highest BCUT2D eigenvalue weighted by Crippen LogP contribution is 2.24. The summed E-state index contributed by atoms with van der Waals surface area (Å²) >= 11 is 1.80. The quantitative estimate of drug-likeness (QED) is 0.773. The Morgan fingerprint density at radius 2 is 1.89 bits per heavy atom. The summed E-state index contributed by atoms with van der Waals surface area (Å²) in [5, 5.41) is 11.9. The van der Waals surface area contributed by atoms with Crippen molar-refractivity contribution in [3.63, 3.8) is 0 Å². The summed E-state index contributed by atoms with van der Waals surface area (Å²) in [5.74, 6) is 0.468. The summed E-state index contributed by atoms with van der Waals surface area (Å²) in [7, 11) is 0. The van der Waals surface area contributed by atoms with Crippen LogP contribution in [0.2, 0.25) is 0 Å². The molecule has 2 aromatic rings. The van der Waals surface area contributed by atoms with Crippen molar-refractivity contribution in [3.05, 3.63) is 65.2 Å². The van der Waals surface area contributed by atoms with Crippen LogP contribution in [0.1, 0.15) is 34.3 Å². The molecule has 0 saturated carbocycles. The molecule has 2 aromatic carbocycles. The fraction of sp³-hybridized carbons (Fsp3) is 0.364. The van der Waals surface area contributed by atoms with E-state index in [1.807, 2.05) is 0 Å². The van der Waals surface area contributed by atoms with Crippen molar-refractivity contribution in [2.24, 2.45) is 5.92 Å². The Balaban J connectivity index is 1.44. The van der Waals surface area contributed by atoms with Gasteiger partial charge in [-0.1, -0.05) is 18.2 Å². The van der Waals surface area contributed by atoms with Crippen molar-refractivity contribution in [3.8, 4) is 6.07 Å². The van der Waals surface area contributed by atoms with Gasteiger partial charge < -0.3 is 5.32 Å². The highest BCUT2D eigenvalue weighted by Gasteiger charge is 2.20. The molecular formula is C22H25N3OS. The Bertz CT molecular complexity index is 805. The number of likely N-dealkylation sites (tertiary alicyclic amines) is 1. The van der Waals surface area contributed by atoms with Crippen molar-refractivity contribution in [1.29, 1.82) is 5.26 Å². The number of nitriles is 1. The van der Waals surface area contributed by atoms with E-state index < -0.39 is 0 Å². The Kier molecular flexibility index (Phi) is 6.92. The minimum Gasteiger partial charge on any atom is -0.352 e. The van der Waals surface area contributed by atoms with Gasteiger partial charge in [-0.05, 0) is 74.0 Å². The second-order valence-electron chi connectivity index (χ2n) is 6.93. The van der Waals surface area contributed by atoms with Crippen molar-refractivity contribution in [2.45, 2.75) is 24.3 Å². The van der Waals surface area contributed by atoms with Gasteiger partial charge in [-0.3, -0.25) is 9.69 Å². The second kappa shape index (κ2) is 9.59. The van der Waals surface area contributed by atoms with Gasteiger partial charge in [0.15, 0.2) is 0 Å². The number of amides is 1. The molecule has 1 aliphatic heterocycles. The van der Waals surface area contributed by atoms with Crippen LogP contribution in [0.25, 0.3) is 0 Å². The van der Waals surface area contributed by atoms with E-state index in [0.717, 1.165) is 32.5 Å². The lowest BCUT2D eigenvalue weighted by Gasteiger charge is -2.32. The highest BCUT2D eigenvalue weighted by molar-refractivity contribution is 7.98. The lowest BCUT2D eigenvalue weighted by molar-refractivity contribution is 0.0935. The van der Waals surface area contributed by atoms with Crippen LogP contribution in [0, 0.1) is 17.2 Å². The first kappa shape index (κ1) is 19.5. The largest absolute Gasteiger partial charge is 0.352 e. The molecule has 1 aliphatic rings. The maximum atomic E-state index is 12.3. The molecule has 0 radical (unpaired) electrons. The Labute approximate surface area is 165 Å². The summed E-state index contributed by atoms with van der Waals surface area (Å²) in [4.78, 5) is 16.1. The number of rotatable bonds is 6. The molecule has 4 nitrogen and oxygen atoms in total. The second-order valence-corrected chi connectivity index (χ2v) is 7.78. The molecule has 27 heavy (non-hydrogen) atoms. The molecule has 0 atom stereocenters. The van der Waals surface area contributed by atoms with Crippen molar-refractivity contribution < 1.29 is 4.79 Å². The normalized spacial score (nSPS) is 15.3. The van der Waals surface area contributed by atoms with Crippen molar-refractivity contribution in [1.82, 2.24) is 10.2 Å². The Morgan fingerprint density at radius 1 is 1.19 bits per heavy atom. The Morgan fingerprint density at radius 3 is 2.56 bits per heavy atom. The summed E-state index contributed by atoms with van der Waals surface area (Å²) in [6.07, 6.45) is 4.34. The molecule has 0 aliphatic carbocycles. The zero-order valence-electron chi connectivity index (χ0n) is 15.6. The molecule has 1 fully saturated rings. The summed E-state index contributed by atoms with van der Waals surface area (Å²) in [6, 6.07) is 17.5. The van der Waals surface area contributed by atoms with Gasteiger partial charge in [0.05, 0.1) is 11.6 Å². The lowest BCUT2D eigenvalue weighted by Crippen LogP contribution is -2.38. The number of thioether (sulfide) groups is 1. The topological polar surface area (TPSA) is 56.1 Å². The molecule has 0 spiro atoms. The van der Waals surface area contributed by atoms with Gasteiger partial charge in [0.25, 0.3) is 5.91 Å². The molecule has 0 unspecified atom stereocenters. The first-order chi connectivity index (χ1) is 13.2. The molecule has 5 heteroatoms. The van der Waals surface area contributed by atoms with Crippen LogP contribution in [0.3, 0.4) is 0 Å². The van der Waals surface area contributed by atoms with Crippen LogP contribution in [0.15, 0.2) is 53.4 Å². The van der Waals surface area contributed by atoms with E-state index in [0.29, 0.717) is 23.6 Å². The first-order valence-corrected chi connectivity index (χ1v) is 10.5. The maximum Gasteiger partial charge on any atom is 0.251 e. The fourth-order valence-electron chi connectivity index (χ4n) is 3.46. The first-order valence-electron chi connectivity index (χ1n) is 9.32. The monoisotopic (exact) mass is 379 g/mol. The number of carbonyl (C=O) groups excluding carboxylic acids is 1. The van der Waals surface area contributed by atoms with Gasteiger partial charge in [0.1, 0.15) is 0 Å². The van der Waals surface area contributed by atoms with Crippen molar-refractivity contribution >= 4 is 17.7 Å². The van der Waals surface area contributed by atoms with Crippen molar-refractivity contribution in [2.75, 3.05) is 25.9 Å². The molecule has 1 saturated heterocycles. The van der Waals surface area contributed by atoms with Gasteiger partial charge >= 0.3 is 0 Å². The number of carbonyl (C=O) groups is 1. The summed E-state index contributed by atoms with van der Waals surface area (Å²) in [6.45, 7) is 3.86. The molecule has 140 valence electrons. The molecule has 0 bridgehead atoms. The van der Waals surface area contributed by atoms with Crippen LogP contribution in [0.4, 0.5) is 0 Å². The summed E-state index contributed by atoms with van der Waals surface area (Å²) in [5.41, 5.74) is 2.58. The molecule has 1 heterocycles. The fourth-order valence-corrected chi connectivity index (χ4v) is 4.07. The third-order valence-corrected chi connectivity index (χ3v) is 5.96. The zero-order valence-corrected chi connectivity index (χ0v) is 16.5. The van der Waals surface area contributed by atoms with Gasteiger partial charge in [-0.15, -0.1) is 11.8 Å². The molecule has 1 amide bonds. The predicted octanol–water partition coefficient (Wildman–Crippen LogP) is 3.92.